The predicted molar refractivity (Wildman–Crippen MR) is 94.7 cm³/mol. The number of ketones is 1. The third kappa shape index (κ3) is 4.40. The summed E-state index contributed by atoms with van der Waals surface area (Å²) in [6, 6.07) is 7.43. The molecule has 0 saturated carbocycles. The van der Waals surface area contributed by atoms with Crippen LogP contribution in [0.2, 0.25) is 0 Å². The maximum Gasteiger partial charge on any atom is 0.307 e. The number of rotatable bonds is 7. The molecule has 6 nitrogen and oxygen atoms in total. The average Bonchev–Trinajstić information content (AvgIpc) is 3.32. The number of esters is 1. The Balaban J connectivity index is 1.51. The van der Waals surface area contributed by atoms with E-state index in [9.17, 15) is 9.59 Å². The lowest BCUT2D eigenvalue weighted by Crippen LogP contribution is -2.11. The second-order valence-corrected chi connectivity index (χ2v) is 7.62. The van der Waals surface area contributed by atoms with Gasteiger partial charge in [0.1, 0.15) is 0 Å². The molecule has 3 rings (SSSR count). The number of nitrogens with zero attached hydrogens (tertiary/aromatic N) is 2. The second-order valence-electron chi connectivity index (χ2n) is 5.39. The number of hydrogen-bond donors (Lipinski definition) is 0. The number of hydrogen-bond acceptors (Lipinski definition) is 8. The molecule has 0 aliphatic heterocycles. The van der Waals surface area contributed by atoms with E-state index in [1.54, 1.807) is 13.0 Å². The average molecular weight is 376 g/mol. The maximum atomic E-state index is 12.0. The first kappa shape index (κ1) is 17.5. The summed E-state index contributed by atoms with van der Waals surface area (Å²) in [5, 5.41) is 9.78. The van der Waals surface area contributed by atoms with Crippen LogP contribution in [0.1, 0.15) is 46.3 Å². The first-order chi connectivity index (χ1) is 12.0. The molecule has 25 heavy (non-hydrogen) atoms. The Hall–Kier alpha value is -2.32. The van der Waals surface area contributed by atoms with Crippen molar-refractivity contribution in [3.8, 4) is 10.8 Å². The Morgan fingerprint density at radius 1 is 1.24 bits per heavy atom. The fraction of sp³-hybridized carbons (Fsp3) is 0.294. The highest BCUT2D eigenvalue weighted by atomic mass is 32.1. The zero-order valence-electron chi connectivity index (χ0n) is 13.7. The van der Waals surface area contributed by atoms with E-state index in [-0.39, 0.29) is 24.5 Å². The van der Waals surface area contributed by atoms with Crippen molar-refractivity contribution in [3.05, 3.63) is 45.3 Å². The Bertz CT molecular complexity index is 867. The van der Waals surface area contributed by atoms with Crippen LogP contribution in [0, 0.1) is 6.92 Å². The van der Waals surface area contributed by atoms with Gasteiger partial charge in [0.15, 0.2) is 11.9 Å². The molecule has 3 aromatic rings. The molecule has 0 N–H and O–H groups in total. The first-order valence-corrected chi connectivity index (χ1v) is 9.39. The van der Waals surface area contributed by atoms with E-state index in [2.05, 4.69) is 10.2 Å². The Labute approximate surface area is 152 Å². The zero-order valence-corrected chi connectivity index (χ0v) is 15.4. The minimum atomic E-state index is -0.659. The lowest BCUT2D eigenvalue weighted by molar-refractivity contribution is -0.149. The Kier molecular flexibility index (Phi) is 5.40. The van der Waals surface area contributed by atoms with E-state index in [0.717, 1.165) is 9.75 Å². The van der Waals surface area contributed by atoms with Crippen LogP contribution in [-0.2, 0) is 9.53 Å². The predicted octanol–water partition coefficient (Wildman–Crippen LogP) is 4.44. The molecule has 0 radical (unpaired) electrons. The molecule has 0 aliphatic carbocycles. The molecule has 0 bridgehead atoms. The summed E-state index contributed by atoms with van der Waals surface area (Å²) in [5.41, 5.74) is 0. The number of carbonyl (C=O) groups excluding carboxylic acids is 2. The highest BCUT2D eigenvalue weighted by Crippen LogP contribution is 2.26. The van der Waals surface area contributed by atoms with Crippen molar-refractivity contribution in [1.82, 2.24) is 10.2 Å². The summed E-state index contributed by atoms with van der Waals surface area (Å²) in [7, 11) is 0. The molecule has 0 fully saturated rings. The van der Waals surface area contributed by atoms with Gasteiger partial charge in [-0.2, -0.15) is 0 Å². The number of thiophene rings is 2. The summed E-state index contributed by atoms with van der Waals surface area (Å²) in [4.78, 5) is 26.5. The van der Waals surface area contributed by atoms with Crippen molar-refractivity contribution in [2.75, 3.05) is 0 Å². The molecule has 0 aliphatic rings. The normalized spacial score (nSPS) is 12.1. The van der Waals surface area contributed by atoms with E-state index in [1.165, 1.54) is 22.7 Å². The van der Waals surface area contributed by atoms with E-state index in [1.807, 2.05) is 30.5 Å². The highest BCUT2D eigenvalue weighted by molar-refractivity contribution is 7.14. The smallest absolute Gasteiger partial charge is 0.307 e. The molecule has 0 aromatic carbocycles. The molecule has 1 unspecified atom stereocenters. The van der Waals surface area contributed by atoms with Gasteiger partial charge in [-0.15, -0.1) is 32.9 Å². The molecule has 3 aromatic heterocycles. The van der Waals surface area contributed by atoms with Gasteiger partial charge in [-0.1, -0.05) is 6.07 Å². The van der Waals surface area contributed by atoms with Crippen molar-refractivity contribution in [3.63, 3.8) is 0 Å². The summed E-state index contributed by atoms with van der Waals surface area (Å²) in [5.74, 6) is 0.110. The fourth-order valence-electron chi connectivity index (χ4n) is 2.13. The minimum Gasteiger partial charge on any atom is -0.453 e. The molecule has 1 atom stereocenters. The molecular weight excluding hydrogens is 360 g/mol. The number of carbonyl (C=O) groups is 2. The quantitative estimate of drug-likeness (QED) is 0.448. The van der Waals surface area contributed by atoms with Crippen LogP contribution in [0.25, 0.3) is 10.8 Å². The topological polar surface area (TPSA) is 82.3 Å². The van der Waals surface area contributed by atoms with Crippen molar-refractivity contribution in [2.45, 2.75) is 32.8 Å². The van der Waals surface area contributed by atoms with Crippen molar-refractivity contribution in [1.29, 1.82) is 0 Å². The largest absolute Gasteiger partial charge is 0.453 e. The van der Waals surface area contributed by atoms with Gasteiger partial charge in [0.2, 0.25) is 0 Å². The van der Waals surface area contributed by atoms with Gasteiger partial charge in [0, 0.05) is 11.3 Å². The number of ether oxygens (including phenoxy) is 1. The van der Waals surface area contributed by atoms with Crippen molar-refractivity contribution < 1.29 is 18.7 Å². The van der Waals surface area contributed by atoms with Crippen LogP contribution in [0.3, 0.4) is 0 Å². The number of Topliss-reactive ketones (excluding diaryl/α,β-unsaturated/α-hetero) is 1. The minimum absolute atomic E-state index is 0.0199. The third-order valence-corrected chi connectivity index (χ3v) is 5.30. The highest BCUT2D eigenvalue weighted by Gasteiger charge is 2.20. The zero-order chi connectivity index (χ0) is 17.8. The molecule has 0 amide bonds. The summed E-state index contributed by atoms with van der Waals surface area (Å²) in [6.07, 6.45) is -0.519. The lowest BCUT2D eigenvalue weighted by Gasteiger charge is -2.08. The standard InChI is InChI=1S/C17H16N2O4S2/c1-10-5-7-13(25-10)12(20)6-8-15(21)22-11(2)16-18-19-17(23-16)14-4-3-9-24-14/h3-5,7,9,11H,6,8H2,1-2H3. The summed E-state index contributed by atoms with van der Waals surface area (Å²) in [6.45, 7) is 3.60. The molecule has 130 valence electrons. The van der Waals surface area contributed by atoms with Crippen molar-refractivity contribution in [2.24, 2.45) is 0 Å². The van der Waals surface area contributed by atoms with Crippen LogP contribution in [0.5, 0.6) is 0 Å². The second kappa shape index (κ2) is 7.71. The maximum absolute atomic E-state index is 12.0. The molecule has 3 heterocycles. The molecule has 8 heteroatoms. The number of aromatic nitrogens is 2. The number of aryl methyl sites for hydroxylation is 1. The van der Waals surface area contributed by atoms with Crippen LogP contribution in [0.4, 0.5) is 0 Å². The van der Waals surface area contributed by atoms with E-state index >= 15 is 0 Å². The van der Waals surface area contributed by atoms with Gasteiger partial charge < -0.3 is 9.15 Å². The van der Waals surface area contributed by atoms with Gasteiger partial charge >= 0.3 is 5.97 Å². The molecule has 0 saturated heterocycles. The molecule has 0 spiro atoms. The van der Waals surface area contributed by atoms with Crippen molar-refractivity contribution >= 4 is 34.4 Å². The van der Waals surface area contributed by atoms with Crippen LogP contribution in [-0.4, -0.2) is 21.9 Å². The summed E-state index contributed by atoms with van der Waals surface area (Å²) < 4.78 is 10.8. The molecular formula is C17H16N2O4S2. The van der Waals surface area contributed by atoms with E-state index in [0.29, 0.717) is 10.8 Å². The first-order valence-electron chi connectivity index (χ1n) is 7.69. The van der Waals surface area contributed by atoms with E-state index in [4.69, 9.17) is 9.15 Å². The Morgan fingerprint density at radius 2 is 2.08 bits per heavy atom. The van der Waals surface area contributed by atoms with Gasteiger partial charge in [-0.3, -0.25) is 9.59 Å². The SMILES string of the molecule is Cc1ccc(C(=O)CCC(=O)OC(C)c2nnc(-c3cccs3)o2)s1. The fourth-order valence-corrected chi connectivity index (χ4v) is 3.61. The van der Waals surface area contributed by atoms with Crippen LogP contribution in [0.15, 0.2) is 34.1 Å². The summed E-state index contributed by atoms with van der Waals surface area (Å²) >= 11 is 2.91. The lowest BCUT2D eigenvalue weighted by atomic mass is 10.2. The van der Waals surface area contributed by atoms with Crippen LogP contribution < -0.4 is 0 Å². The van der Waals surface area contributed by atoms with Gasteiger partial charge in [0.05, 0.1) is 16.2 Å². The third-order valence-electron chi connectivity index (χ3n) is 3.40. The van der Waals surface area contributed by atoms with E-state index < -0.39 is 12.1 Å². The van der Waals surface area contributed by atoms with Gasteiger partial charge in [0.25, 0.3) is 11.8 Å². The Morgan fingerprint density at radius 3 is 2.76 bits per heavy atom. The van der Waals surface area contributed by atoms with Gasteiger partial charge in [-0.05, 0) is 37.4 Å². The monoisotopic (exact) mass is 376 g/mol. The van der Waals surface area contributed by atoms with Gasteiger partial charge in [-0.25, -0.2) is 0 Å². The van der Waals surface area contributed by atoms with Crippen LogP contribution >= 0.6 is 22.7 Å².